The fourth-order valence-corrected chi connectivity index (χ4v) is 2.22. The van der Waals surface area contributed by atoms with Crippen molar-refractivity contribution in [1.29, 1.82) is 0 Å². The number of halogens is 4. The summed E-state index contributed by atoms with van der Waals surface area (Å²) in [6, 6.07) is 0. The Bertz CT molecular complexity index is 142. The maximum absolute atomic E-state index is 5.68. The summed E-state index contributed by atoms with van der Waals surface area (Å²) in [5.74, 6) is 0. The quantitative estimate of drug-likeness (QED) is 0.493. The fourth-order valence-electron chi connectivity index (χ4n) is 0.809. The maximum atomic E-state index is 5.68. The summed E-state index contributed by atoms with van der Waals surface area (Å²) in [5.41, 5.74) is -0.397. The molecule has 0 bridgehead atoms. The Morgan fingerprint density at radius 1 is 1.10 bits per heavy atom. The molecular weight excluding hydrogens is 214 g/mol. The van der Waals surface area contributed by atoms with Crippen LogP contribution in [0.4, 0.5) is 0 Å². The molecule has 0 fully saturated rings. The predicted octanol–water partition coefficient (Wildman–Crippen LogP) is 3.54. The Hall–Kier alpha value is 0.900. The summed E-state index contributed by atoms with van der Waals surface area (Å²) in [4.78, 5) is -1.03. The smallest absolute Gasteiger partial charge is 0.104 e. The van der Waals surface area contributed by atoms with E-state index in [-0.39, 0.29) is 0 Å². The van der Waals surface area contributed by atoms with Gasteiger partial charge in [-0.05, 0) is 6.42 Å². The molecule has 0 aromatic carbocycles. The Labute approximate surface area is 80.1 Å². The Balaban J connectivity index is 2.70. The Morgan fingerprint density at radius 3 is 1.50 bits per heavy atom. The van der Waals surface area contributed by atoms with Gasteiger partial charge in [0, 0.05) is 0 Å². The third-order valence-electron chi connectivity index (χ3n) is 1.71. The molecule has 0 radical (unpaired) electrons. The van der Waals surface area contributed by atoms with Gasteiger partial charge < -0.3 is 0 Å². The molecular formula is C6H6Cl4. The van der Waals surface area contributed by atoms with Crippen molar-refractivity contribution in [2.24, 2.45) is 5.41 Å². The number of hydrogen-bond acceptors (Lipinski definition) is 0. The second-order valence-electron chi connectivity index (χ2n) is 2.32. The van der Waals surface area contributed by atoms with Gasteiger partial charge in [-0.15, -0.1) is 46.4 Å². The van der Waals surface area contributed by atoms with Gasteiger partial charge in [-0.3, -0.25) is 0 Å². The average Bonchev–Trinajstić information content (AvgIpc) is 1.57. The summed E-state index contributed by atoms with van der Waals surface area (Å²) in [6.07, 6.45) is 4.58. The third kappa shape index (κ3) is 1.27. The zero-order valence-corrected chi connectivity index (χ0v) is 8.05. The largest absolute Gasteiger partial charge is 0.119 e. The number of rotatable bonds is 2. The van der Waals surface area contributed by atoms with Crippen molar-refractivity contribution in [2.45, 2.75) is 16.1 Å². The lowest BCUT2D eigenvalue weighted by atomic mass is 9.79. The van der Waals surface area contributed by atoms with E-state index >= 15 is 0 Å². The van der Waals surface area contributed by atoms with Crippen LogP contribution in [0, 0.1) is 5.41 Å². The molecule has 4 heteroatoms. The van der Waals surface area contributed by atoms with Gasteiger partial charge in [0.2, 0.25) is 0 Å². The van der Waals surface area contributed by atoms with Crippen molar-refractivity contribution in [3.8, 4) is 0 Å². The van der Waals surface area contributed by atoms with E-state index in [0.29, 0.717) is 0 Å². The highest BCUT2D eigenvalue weighted by Gasteiger charge is 2.43. The SMILES string of the molecule is ClC(Cl)C1(C(Cl)Cl)C=CC1. The van der Waals surface area contributed by atoms with Crippen LogP contribution in [0.1, 0.15) is 6.42 Å². The van der Waals surface area contributed by atoms with Crippen LogP contribution in [0.3, 0.4) is 0 Å². The van der Waals surface area contributed by atoms with Crippen molar-refractivity contribution in [2.75, 3.05) is 0 Å². The third-order valence-corrected chi connectivity index (χ3v) is 3.34. The summed E-state index contributed by atoms with van der Waals surface area (Å²) in [6.45, 7) is 0. The minimum atomic E-state index is -0.516. The highest BCUT2D eigenvalue weighted by atomic mass is 35.5. The van der Waals surface area contributed by atoms with Crippen molar-refractivity contribution in [3.63, 3.8) is 0 Å². The van der Waals surface area contributed by atoms with E-state index in [2.05, 4.69) is 0 Å². The summed E-state index contributed by atoms with van der Waals surface area (Å²) in [5, 5.41) is 0. The molecule has 0 aromatic rings. The lowest BCUT2D eigenvalue weighted by molar-refractivity contribution is 0.410. The molecule has 0 atom stereocenters. The normalized spacial score (nSPS) is 21.8. The summed E-state index contributed by atoms with van der Waals surface area (Å²) in [7, 11) is 0. The van der Waals surface area contributed by atoms with Crippen LogP contribution in [0.25, 0.3) is 0 Å². The highest BCUT2D eigenvalue weighted by molar-refractivity contribution is 6.49. The number of alkyl halides is 4. The van der Waals surface area contributed by atoms with Gasteiger partial charge in [0.1, 0.15) is 9.67 Å². The lowest BCUT2D eigenvalue weighted by Crippen LogP contribution is -2.36. The first-order valence-electron chi connectivity index (χ1n) is 2.83. The lowest BCUT2D eigenvalue weighted by Gasteiger charge is -2.37. The van der Waals surface area contributed by atoms with E-state index in [0.717, 1.165) is 6.42 Å². The molecule has 0 heterocycles. The van der Waals surface area contributed by atoms with Crippen LogP contribution < -0.4 is 0 Å². The predicted molar refractivity (Wildman–Crippen MR) is 47.2 cm³/mol. The van der Waals surface area contributed by atoms with Gasteiger partial charge in [0.15, 0.2) is 0 Å². The van der Waals surface area contributed by atoms with Crippen LogP contribution in [-0.2, 0) is 0 Å². The molecule has 1 aliphatic carbocycles. The van der Waals surface area contributed by atoms with Crippen LogP contribution in [-0.4, -0.2) is 9.67 Å². The molecule has 0 amide bonds. The van der Waals surface area contributed by atoms with E-state index in [1.165, 1.54) is 0 Å². The van der Waals surface area contributed by atoms with E-state index in [1.807, 2.05) is 12.2 Å². The van der Waals surface area contributed by atoms with E-state index in [9.17, 15) is 0 Å². The standard InChI is InChI=1S/C6H6Cl4/c7-4(8)6(5(9)10)2-1-3-6/h1-2,4-5H,3H2. The average molecular weight is 220 g/mol. The van der Waals surface area contributed by atoms with Crippen molar-refractivity contribution in [1.82, 2.24) is 0 Å². The molecule has 0 nitrogen and oxygen atoms in total. The molecule has 0 N–H and O–H groups in total. The first-order valence-corrected chi connectivity index (χ1v) is 4.58. The van der Waals surface area contributed by atoms with Gasteiger partial charge in [-0.2, -0.15) is 0 Å². The van der Waals surface area contributed by atoms with Crippen molar-refractivity contribution < 1.29 is 0 Å². The number of hydrogen-bond donors (Lipinski definition) is 0. The Morgan fingerprint density at radius 2 is 1.50 bits per heavy atom. The van der Waals surface area contributed by atoms with Crippen molar-refractivity contribution in [3.05, 3.63) is 12.2 Å². The van der Waals surface area contributed by atoms with Crippen LogP contribution in [0.5, 0.6) is 0 Å². The zero-order chi connectivity index (χ0) is 7.78. The molecule has 58 valence electrons. The first-order chi connectivity index (χ1) is 4.59. The van der Waals surface area contributed by atoms with E-state index in [4.69, 9.17) is 46.4 Å². The number of allylic oxidation sites excluding steroid dienone is 2. The van der Waals surface area contributed by atoms with Gasteiger partial charge in [0.25, 0.3) is 0 Å². The van der Waals surface area contributed by atoms with Crippen LogP contribution >= 0.6 is 46.4 Å². The maximum Gasteiger partial charge on any atom is 0.119 e. The molecule has 0 spiro atoms. The fraction of sp³-hybridized carbons (Fsp3) is 0.667. The second-order valence-corrected chi connectivity index (χ2v) is 4.51. The second kappa shape index (κ2) is 3.10. The molecule has 0 saturated heterocycles. The zero-order valence-electron chi connectivity index (χ0n) is 5.03. The monoisotopic (exact) mass is 218 g/mol. The molecule has 1 rings (SSSR count). The van der Waals surface area contributed by atoms with Gasteiger partial charge >= 0.3 is 0 Å². The minimum absolute atomic E-state index is 0.397. The van der Waals surface area contributed by atoms with Crippen LogP contribution in [0.2, 0.25) is 0 Å². The minimum Gasteiger partial charge on any atom is -0.104 e. The van der Waals surface area contributed by atoms with E-state index < -0.39 is 15.1 Å². The van der Waals surface area contributed by atoms with Gasteiger partial charge in [-0.1, -0.05) is 12.2 Å². The summed E-state index contributed by atoms with van der Waals surface area (Å²) >= 11 is 22.7. The van der Waals surface area contributed by atoms with Gasteiger partial charge in [-0.25, -0.2) is 0 Å². The Kier molecular flexibility index (Phi) is 2.79. The van der Waals surface area contributed by atoms with Crippen molar-refractivity contribution >= 4 is 46.4 Å². The highest BCUT2D eigenvalue weighted by Crippen LogP contribution is 2.48. The topological polar surface area (TPSA) is 0 Å². The van der Waals surface area contributed by atoms with Crippen LogP contribution in [0.15, 0.2) is 12.2 Å². The first kappa shape index (κ1) is 8.99. The summed E-state index contributed by atoms with van der Waals surface area (Å²) < 4.78 is 0. The molecule has 10 heavy (non-hydrogen) atoms. The molecule has 0 saturated carbocycles. The van der Waals surface area contributed by atoms with Gasteiger partial charge in [0.05, 0.1) is 5.41 Å². The molecule has 0 unspecified atom stereocenters. The molecule has 0 aromatic heterocycles. The molecule has 1 aliphatic rings. The van der Waals surface area contributed by atoms with E-state index in [1.54, 1.807) is 0 Å². The molecule has 0 aliphatic heterocycles.